The minimum absolute atomic E-state index is 0.284. The molecule has 0 unspecified atom stereocenters. The molecule has 0 aliphatic rings. The Bertz CT molecular complexity index is 936. The quantitative estimate of drug-likeness (QED) is 0.674. The number of nitrogens with one attached hydrogen (secondary N) is 2. The molecule has 1 heterocycles. The van der Waals surface area contributed by atoms with Crippen LogP contribution >= 0.6 is 0 Å². The Balaban J connectivity index is 1.63. The molecule has 3 aromatic rings. The Morgan fingerprint density at radius 3 is 2.04 bits per heavy atom. The predicted molar refractivity (Wildman–Crippen MR) is 102 cm³/mol. The van der Waals surface area contributed by atoms with E-state index in [1.165, 1.54) is 19.5 Å². The van der Waals surface area contributed by atoms with Crippen LogP contribution in [0, 0.1) is 6.92 Å². The van der Waals surface area contributed by atoms with E-state index in [0.29, 0.717) is 28.5 Å². The molecule has 0 bridgehead atoms. The largest absolute Gasteiger partial charge is 0.465 e. The van der Waals surface area contributed by atoms with Gasteiger partial charge in [0.25, 0.3) is 5.91 Å². The summed E-state index contributed by atoms with van der Waals surface area (Å²) in [5.74, 6) is -0.345. The summed E-state index contributed by atoms with van der Waals surface area (Å²) in [4.78, 5) is 32.0. The highest BCUT2D eigenvalue weighted by atomic mass is 16.5. The molecule has 0 saturated heterocycles. The second kappa shape index (κ2) is 8.09. The molecule has 0 fully saturated rings. The molecule has 1 aromatic heterocycles. The maximum absolute atomic E-state index is 12.2. The lowest BCUT2D eigenvalue weighted by molar-refractivity contribution is 0.0600. The maximum Gasteiger partial charge on any atom is 0.337 e. The number of nitrogens with zero attached hydrogens (tertiary/aromatic N) is 2. The van der Waals surface area contributed by atoms with Crippen LogP contribution in [0.1, 0.15) is 26.3 Å². The molecular formula is C20H18N4O3. The molecule has 0 atom stereocenters. The highest BCUT2D eigenvalue weighted by molar-refractivity contribution is 6.03. The third-order valence-corrected chi connectivity index (χ3v) is 3.79. The number of hydrogen-bond donors (Lipinski definition) is 2. The molecule has 7 nitrogen and oxygen atoms in total. The molecule has 0 radical (unpaired) electrons. The summed E-state index contributed by atoms with van der Waals surface area (Å²) in [6.07, 6.45) is 2.89. The molecule has 136 valence electrons. The molecule has 27 heavy (non-hydrogen) atoms. The van der Waals surface area contributed by atoms with Gasteiger partial charge in [0.1, 0.15) is 0 Å². The topological polar surface area (TPSA) is 93.2 Å². The number of aryl methyl sites for hydroxylation is 1. The molecule has 2 aromatic carbocycles. The summed E-state index contributed by atoms with van der Waals surface area (Å²) >= 11 is 0. The summed E-state index contributed by atoms with van der Waals surface area (Å²) in [5.41, 5.74) is 3.33. The van der Waals surface area contributed by atoms with Crippen molar-refractivity contribution in [1.82, 2.24) is 9.97 Å². The van der Waals surface area contributed by atoms with Crippen LogP contribution in [0.15, 0.2) is 60.9 Å². The second-order valence-corrected chi connectivity index (χ2v) is 5.81. The monoisotopic (exact) mass is 362 g/mol. The van der Waals surface area contributed by atoms with Crippen molar-refractivity contribution in [2.45, 2.75) is 6.92 Å². The number of benzene rings is 2. The van der Waals surface area contributed by atoms with E-state index in [2.05, 4.69) is 25.3 Å². The van der Waals surface area contributed by atoms with E-state index in [4.69, 9.17) is 0 Å². The SMILES string of the molecule is COC(=O)c1ccc(Nc2ncc(C(=O)Nc3ccc(C)cc3)cn2)cc1. The fourth-order valence-electron chi connectivity index (χ4n) is 2.29. The molecule has 0 aliphatic heterocycles. The number of anilines is 3. The van der Waals surface area contributed by atoms with Crippen LogP contribution < -0.4 is 10.6 Å². The van der Waals surface area contributed by atoms with Crippen LogP contribution in [0.25, 0.3) is 0 Å². The van der Waals surface area contributed by atoms with E-state index >= 15 is 0 Å². The zero-order chi connectivity index (χ0) is 19.2. The summed E-state index contributed by atoms with van der Waals surface area (Å²) in [5, 5.41) is 5.80. The Kier molecular flexibility index (Phi) is 5.41. The van der Waals surface area contributed by atoms with Gasteiger partial charge in [0, 0.05) is 23.8 Å². The van der Waals surface area contributed by atoms with Crippen molar-refractivity contribution in [1.29, 1.82) is 0 Å². The minimum atomic E-state index is -0.401. The number of carbonyl (C=O) groups is 2. The normalized spacial score (nSPS) is 10.1. The van der Waals surface area contributed by atoms with Crippen molar-refractivity contribution in [2.75, 3.05) is 17.7 Å². The molecule has 1 amide bonds. The van der Waals surface area contributed by atoms with E-state index in [-0.39, 0.29) is 5.91 Å². The standard InChI is InChI=1S/C20H18N4O3/c1-13-3-7-16(8-4-13)23-18(25)15-11-21-20(22-12-15)24-17-9-5-14(6-10-17)19(26)27-2/h3-12H,1-2H3,(H,23,25)(H,21,22,24). The molecule has 0 spiro atoms. The van der Waals surface area contributed by atoms with E-state index in [1.807, 2.05) is 31.2 Å². The van der Waals surface area contributed by atoms with E-state index < -0.39 is 5.97 Å². The molecule has 7 heteroatoms. The maximum atomic E-state index is 12.2. The first kappa shape index (κ1) is 18.1. The molecule has 2 N–H and O–H groups in total. The summed E-state index contributed by atoms with van der Waals surface area (Å²) in [6.45, 7) is 1.98. The summed E-state index contributed by atoms with van der Waals surface area (Å²) in [6, 6.07) is 14.2. The van der Waals surface area contributed by atoms with Crippen LogP contribution in [0.4, 0.5) is 17.3 Å². The first-order valence-electron chi connectivity index (χ1n) is 8.20. The number of aromatic nitrogens is 2. The minimum Gasteiger partial charge on any atom is -0.465 e. The van der Waals surface area contributed by atoms with Gasteiger partial charge >= 0.3 is 5.97 Å². The third-order valence-electron chi connectivity index (χ3n) is 3.79. The van der Waals surface area contributed by atoms with Crippen molar-refractivity contribution in [3.05, 3.63) is 77.6 Å². The van der Waals surface area contributed by atoms with Crippen molar-refractivity contribution in [2.24, 2.45) is 0 Å². The van der Waals surface area contributed by atoms with Crippen molar-refractivity contribution in [3.8, 4) is 0 Å². The number of ether oxygens (including phenoxy) is 1. The van der Waals surface area contributed by atoms with E-state index in [1.54, 1.807) is 24.3 Å². The number of carbonyl (C=O) groups excluding carboxylic acids is 2. The highest BCUT2D eigenvalue weighted by Crippen LogP contribution is 2.15. The molecule has 0 saturated carbocycles. The Hall–Kier alpha value is -3.74. The van der Waals surface area contributed by atoms with Gasteiger partial charge in [-0.3, -0.25) is 4.79 Å². The van der Waals surface area contributed by atoms with E-state index in [0.717, 1.165) is 5.56 Å². The molecular weight excluding hydrogens is 344 g/mol. The first-order valence-corrected chi connectivity index (χ1v) is 8.20. The van der Waals surface area contributed by atoms with Crippen LogP contribution in [-0.2, 0) is 4.74 Å². The van der Waals surface area contributed by atoms with Gasteiger partial charge in [0.05, 0.1) is 18.2 Å². The fraction of sp³-hybridized carbons (Fsp3) is 0.100. The van der Waals surface area contributed by atoms with Crippen LogP contribution in [0.3, 0.4) is 0 Å². The summed E-state index contributed by atoms with van der Waals surface area (Å²) in [7, 11) is 1.33. The number of esters is 1. The van der Waals surface area contributed by atoms with Crippen molar-refractivity contribution in [3.63, 3.8) is 0 Å². The number of rotatable bonds is 5. The number of amides is 1. The highest BCUT2D eigenvalue weighted by Gasteiger charge is 2.09. The van der Waals surface area contributed by atoms with Gasteiger partial charge in [-0.1, -0.05) is 17.7 Å². The zero-order valence-corrected chi connectivity index (χ0v) is 14.9. The van der Waals surface area contributed by atoms with Gasteiger partial charge < -0.3 is 15.4 Å². The molecule has 3 rings (SSSR count). The van der Waals surface area contributed by atoms with Crippen LogP contribution in [0.5, 0.6) is 0 Å². The van der Waals surface area contributed by atoms with Gasteiger partial charge in [-0.15, -0.1) is 0 Å². The Morgan fingerprint density at radius 2 is 1.44 bits per heavy atom. The lowest BCUT2D eigenvalue weighted by Gasteiger charge is -2.07. The van der Waals surface area contributed by atoms with Gasteiger partial charge in [-0.25, -0.2) is 14.8 Å². The summed E-state index contributed by atoms with van der Waals surface area (Å²) < 4.78 is 4.66. The van der Waals surface area contributed by atoms with Crippen molar-refractivity contribution >= 4 is 29.2 Å². The lowest BCUT2D eigenvalue weighted by Crippen LogP contribution is -2.13. The smallest absolute Gasteiger partial charge is 0.337 e. The van der Waals surface area contributed by atoms with Gasteiger partial charge in [0.2, 0.25) is 5.95 Å². The second-order valence-electron chi connectivity index (χ2n) is 5.81. The zero-order valence-electron chi connectivity index (χ0n) is 14.9. The van der Waals surface area contributed by atoms with Crippen LogP contribution in [-0.4, -0.2) is 29.0 Å². The average Bonchev–Trinajstić information content (AvgIpc) is 2.70. The van der Waals surface area contributed by atoms with Gasteiger partial charge in [0.15, 0.2) is 0 Å². The molecule has 0 aliphatic carbocycles. The van der Waals surface area contributed by atoms with Crippen LogP contribution in [0.2, 0.25) is 0 Å². The lowest BCUT2D eigenvalue weighted by atomic mass is 10.2. The predicted octanol–water partition coefficient (Wildman–Crippen LogP) is 3.57. The Morgan fingerprint density at radius 1 is 0.852 bits per heavy atom. The van der Waals surface area contributed by atoms with E-state index in [9.17, 15) is 9.59 Å². The fourth-order valence-corrected chi connectivity index (χ4v) is 2.29. The average molecular weight is 362 g/mol. The first-order chi connectivity index (χ1) is 13.0. The Labute approximate surface area is 156 Å². The van der Waals surface area contributed by atoms with Gasteiger partial charge in [-0.05, 0) is 43.3 Å². The van der Waals surface area contributed by atoms with Crippen molar-refractivity contribution < 1.29 is 14.3 Å². The number of methoxy groups -OCH3 is 1. The number of hydrogen-bond acceptors (Lipinski definition) is 6. The van der Waals surface area contributed by atoms with Gasteiger partial charge in [-0.2, -0.15) is 0 Å². The third kappa shape index (κ3) is 4.66.